The van der Waals surface area contributed by atoms with Gasteiger partial charge in [-0.15, -0.1) is 12.4 Å². The first-order valence-electron chi connectivity index (χ1n) is 5.10. The molecule has 0 aliphatic carbocycles. The summed E-state index contributed by atoms with van der Waals surface area (Å²) < 4.78 is 6.86. The minimum absolute atomic E-state index is 0. The Morgan fingerprint density at radius 3 is 2.82 bits per heavy atom. The number of benzene rings is 1. The molecule has 2 aromatic rings. The van der Waals surface area contributed by atoms with Gasteiger partial charge in [-0.3, -0.25) is 4.79 Å². The number of esters is 1. The highest BCUT2D eigenvalue weighted by Gasteiger charge is 2.02. The van der Waals surface area contributed by atoms with Crippen LogP contribution < -0.4 is 5.32 Å². The standard InChI is InChI=1S/C12H14N2O2.ClH/c1-9(15)16-8-14-6-5-10-7-11(13-2)3-4-12(10)14;/h3-7,13H,8H2,1-2H3;1H. The summed E-state index contributed by atoms with van der Waals surface area (Å²) in [5.74, 6) is -0.270. The first kappa shape index (κ1) is 13.4. The second-order valence-electron chi connectivity index (χ2n) is 3.57. The molecule has 0 radical (unpaired) electrons. The zero-order chi connectivity index (χ0) is 11.5. The van der Waals surface area contributed by atoms with E-state index in [2.05, 4.69) is 11.4 Å². The van der Waals surface area contributed by atoms with E-state index < -0.39 is 0 Å². The molecule has 0 aliphatic rings. The van der Waals surface area contributed by atoms with Gasteiger partial charge < -0.3 is 14.6 Å². The van der Waals surface area contributed by atoms with Gasteiger partial charge in [-0.2, -0.15) is 0 Å². The number of anilines is 1. The van der Waals surface area contributed by atoms with Gasteiger partial charge in [-0.25, -0.2) is 0 Å². The van der Waals surface area contributed by atoms with E-state index in [4.69, 9.17) is 4.74 Å². The molecule has 0 spiro atoms. The Morgan fingerprint density at radius 2 is 2.18 bits per heavy atom. The maximum atomic E-state index is 10.7. The first-order chi connectivity index (χ1) is 7.70. The largest absolute Gasteiger partial charge is 0.444 e. The molecule has 1 heterocycles. The summed E-state index contributed by atoms with van der Waals surface area (Å²) in [5, 5.41) is 4.21. The summed E-state index contributed by atoms with van der Waals surface area (Å²) in [6.07, 6.45) is 1.91. The van der Waals surface area contributed by atoms with Crippen molar-refractivity contribution in [3.63, 3.8) is 0 Å². The molecule has 0 unspecified atom stereocenters. The molecule has 92 valence electrons. The number of hydrogen-bond donors (Lipinski definition) is 1. The maximum Gasteiger partial charge on any atom is 0.304 e. The smallest absolute Gasteiger partial charge is 0.304 e. The second kappa shape index (κ2) is 5.59. The first-order valence-corrected chi connectivity index (χ1v) is 5.10. The molecule has 0 aliphatic heterocycles. The zero-order valence-corrected chi connectivity index (χ0v) is 10.6. The normalized spacial score (nSPS) is 9.76. The fourth-order valence-corrected chi connectivity index (χ4v) is 1.63. The highest BCUT2D eigenvalue weighted by molar-refractivity contribution is 5.85. The van der Waals surface area contributed by atoms with Crippen molar-refractivity contribution in [1.82, 2.24) is 4.57 Å². The van der Waals surface area contributed by atoms with Gasteiger partial charge in [-0.05, 0) is 24.3 Å². The quantitative estimate of drug-likeness (QED) is 0.857. The zero-order valence-electron chi connectivity index (χ0n) is 9.77. The number of ether oxygens (including phenoxy) is 1. The number of carbonyl (C=O) groups is 1. The summed E-state index contributed by atoms with van der Waals surface area (Å²) in [7, 11) is 1.89. The van der Waals surface area contributed by atoms with E-state index in [0.29, 0.717) is 0 Å². The third-order valence-electron chi connectivity index (χ3n) is 2.47. The Bertz CT molecular complexity index is 522. The van der Waals surface area contributed by atoms with Crippen LogP contribution in [0.2, 0.25) is 0 Å². The van der Waals surface area contributed by atoms with E-state index in [0.717, 1.165) is 16.6 Å². The van der Waals surface area contributed by atoms with Crippen molar-refractivity contribution in [3.8, 4) is 0 Å². The van der Waals surface area contributed by atoms with Crippen molar-refractivity contribution in [3.05, 3.63) is 30.5 Å². The predicted molar refractivity (Wildman–Crippen MR) is 70.5 cm³/mol. The molecular weight excluding hydrogens is 240 g/mol. The lowest BCUT2D eigenvalue weighted by Crippen LogP contribution is -2.04. The molecule has 17 heavy (non-hydrogen) atoms. The molecule has 0 bridgehead atoms. The van der Waals surface area contributed by atoms with E-state index in [1.807, 2.05) is 36.0 Å². The van der Waals surface area contributed by atoms with Gasteiger partial charge >= 0.3 is 5.97 Å². The van der Waals surface area contributed by atoms with Crippen LogP contribution in [0.3, 0.4) is 0 Å². The van der Waals surface area contributed by atoms with Crippen LogP contribution in [-0.2, 0) is 16.3 Å². The predicted octanol–water partition coefficient (Wildman–Crippen LogP) is 2.63. The monoisotopic (exact) mass is 254 g/mol. The number of aromatic nitrogens is 1. The topological polar surface area (TPSA) is 43.3 Å². The molecule has 0 saturated heterocycles. The van der Waals surface area contributed by atoms with E-state index in [1.54, 1.807) is 0 Å². The molecule has 5 heteroatoms. The van der Waals surface area contributed by atoms with Crippen molar-refractivity contribution in [2.45, 2.75) is 13.7 Å². The van der Waals surface area contributed by atoms with E-state index >= 15 is 0 Å². The average Bonchev–Trinajstić information content (AvgIpc) is 2.68. The van der Waals surface area contributed by atoms with Crippen LogP contribution in [0.5, 0.6) is 0 Å². The summed E-state index contributed by atoms with van der Waals surface area (Å²) in [4.78, 5) is 10.7. The molecule has 1 N–H and O–H groups in total. The number of nitrogens with zero attached hydrogens (tertiary/aromatic N) is 1. The summed E-state index contributed by atoms with van der Waals surface area (Å²) in [6.45, 7) is 1.67. The van der Waals surface area contributed by atoms with Gasteiger partial charge in [0.15, 0.2) is 6.73 Å². The van der Waals surface area contributed by atoms with Gasteiger partial charge in [0.2, 0.25) is 0 Å². The van der Waals surface area contributed by atoms with E-state index in [1.165, 1.54) is 6.92 Å². The van der Waals surface area contributed by atoms with Crippen LogP contribution in [0, 0.1) is 0 Å². The highest BCUT2D eigenvalue weighted by atomic mass is 35.5. The van der Waals surface area contributed by atoms with Gasteiger partial charge in [0, 0.05) is 31.2 Å². The van der Waals surface area contributed by atoms with E-state index in [-0.39, 0.29) is 25.1 Å². The van der Waals surface area contributed by atoms with Gasteiger partial charge in [0.05, 0.1) is 5.52 Å². The molecule has 1 aromatic heterocycles. The number of hydrogen-bond acceptors (Lipinski definition) is 3. The van der Waals surface area contributed by atoms with E-state index in [9.17, 15) is 4.79 Å². The lowest BCUT2D eigenvalue weighted by molar-refractivity contribution is -0.144. The average molecular weight is 255 g/mol. The van der Waals surface area contributed by atoms with Crippen LogP contribution in [-0.4, -0.2) is 17.6 Å². The Morgan fingerprint density at radius 1 is 1.41 bits per heavy atom. The number of rotatable bonds is 3. The third-order valence-corrected chi connectivity index (χ3v) is 2.47. The van der Waals surface area contributed by atoms with Crippen LogP contribution in [0.1, 0.15) is 6.92 Å². The van der Waals surface area contributed by atoms with Crippen molar-refractivity contribution in [1.29, 1.82) is 0 Å². The summed E-state index contributed by atoms with van der Waals surface area (Å²) >= 11 is 0. The maximum absolute atomic E-state index is 10.7. The lowest BCUT2D eigenvalue weighted by Gasteiger charge is -2.06. The number of nitrogens with one attached hydrogen (secondary N) is 1. The minimum Gasteiger partial charge on any atom is -0.444 e. The van der Waals surface area contributed by atoms with Gasteiger partial charge in [0.25, 0.3) is 0 Å². The second-order valence-corrected chi connectivity index (χ2v) is 3.57. The van der Waals surface area contributed by atoms with Crippen molar-refractivity contribution in [2.75, 3.05) is 12.4 Å². The molecule has 1 aromatic carbocycles. The fraction of sp³-hybridized carbons (Fsp3) is 0.250. The molecule has 0 atom stereocenters. The molecular formula is C12H15ClN2O2. The van der Waals surface area contributed by atoms with Crippen LogP contribution in [0.15, 0.2) is 30.5 Å². The van der Waals surface area contributed by atoms with Crippen molar-refractivity contribution in [2.24, 2.45) is 0 Å². The Balaban J connectivity index is 0.00000144. The van der Waals surface area contributed by atoms with Crippen LogP contribution >= 0.6 is 12.4 Å². The number of carbonyl (C=O) groups excluding carboxylic acids is 1. The van der Waals surface area contributed by atoms with Gasteiger partial charge in [-0.1, -0.05) is 0 Å². The Hall–Kier alpha value is -1.68. The molecule has 4 nitrogen and oxygen atoms in total. The third kappa shape index (κ3) is 2.91. The van der Waals surface area contributed by atoms with Crippen LogP contribution in [0.25, 0.3) is 10.9 Å². The molecule has 2 rings (SSSR count). The molecule has 0 saturated carbocycles. The van der Waals surface area contributed by atoms with Crippen LogP contribution in [0.4, 0.5) is 5.69 Å². The number of fused-ring (bicyclic) bond motifs is 1. The fourth-order valence-electron chi connectivity index (χ4n) is 1.63. The molecule has 0 amide bonds. The van der Waals surface area contributed by atoms with Crippen molar-refractivity contribution < 1.29 is 9.53 Å². The molecule has 0 fully saturated rings. The Kier molecular flexibility index (Phi) is 4.40. The van der Waals surface area contributed by atoms with Gasteiger partial charge in [0.1, 0.15) is 0 Å². The summed E-state index contributed by atoms with van der Waals surface area (Å²) in [5.41, 5.74) is 2.12. The summed E-state index contributed by atoms with van der Waals surface area (Å²) in [6, 6.07) is 8.05. The minimum atomic E-state index is -0.270. The SMILES string of the molecule is CNc1ccc2c(ccn2COC(C)=O)c1.Cl. The number of halogens is 1. The lowest BCUT2D eigenvalue weighted by atomic mass is 10.2. The highest BCUT2D eigenvalue weighted by Crippen LogP contribution is 2.20. The van der Waals surface area contributed by atoms with Crippen molar-refractivity contribution >= 4 is 35.0 Å². The Labute approximate surface area is 106 Å².